The molecular weight excluding hydrogens is 146 g/mol. The van der Waals surface area contributed by atoms with E-state index in [1.54, 1.807) is 0 Å². The molecule has 0 aromatic carbocycles. The van der Waals surface area contributed by atoms with Crippen molar-refractivity contribution in [1.29, 1.82) is 0 Å². The Labute approximate surface area is 76.6 Å². The van der Waals surface area contributed by atoms with Gasteiger partial charge in [0.2, 0.25) is 0 Å². The van der Waals surface area contributed by atoms with Crippen LogP contribution in [0.2, 0.25) is 0 Å². The molecule has 1 N–H and O–H groups in total. The van der Waals surface area contributed by atoms with Crippen LogP contribution in [-0.2, 0) is 0 Å². The molecule has 70 valence electrons. The lowest BCUT2D eigenvalue weighted by Gasteiger charge is -2.19. The van der Waals surface area contributed by atoms with Gasteiger partial charge in [0.25, 0.3) is 0 Å². The number of nitrogens with one attached hydrogen (secondary N) is 1. The van der Waals surface area contributed by atoms with Crippen molar-refractivity contribution in [2.75, 3.05) is 6.54 Å². The maximum atomic E-state index is 3.70. The summed E-state index contributed by atoms with van der Waals surface area (Å²) in [4.78, 5) is 0. The molecule has 0 saturated carbocycles. The van der Waals surface area contributed by atoms with Gasteiger partial charge in [-0.1, -0.05) is 24.3 Å². The third kappa shape index (κ3) is 7.55. The number of allylic oxidation sites excluding steroid dienone is 2. The molecule has 0 radical (unpaired) electrons. The van der Waals surface area contributed by atoms with Crippen LogP contribution in [0.4, 0.5) is 0 Å². The lowest BCUT2D eigenvalue weighted by atomic mass is 10.1. The maximum absolute atomic E-state index is 3.70. The summed E-state index contributed by atoms with van der Waals surface area (Å²) in [5.74, 6) is 0. The van der Waals surface area contributed by atoms with Crippen molar-refractivity contribution in [3.05, 3.63) is 24.3 Å². The molecule has 1 nitrogen and oxygen atoms in total. The lowest BCUT2D eigenvalue weighted by Crippen LogP contribution is -2.36. The Bertz CT molecular complexity index is 160. The van der Waals surface area contributed by atoms with Crippen molar-refractivity contribution >= 4 is 0 Å². The van der Waals surface area contributed by atoms with Gasteiger partial charge >= 0.3 is 0 Å². The monoisotopic (exact) mass is 167 g/mol. The van der Waals surface area contributed by atoms with Crippen LogP contribution in [0, 0.1) is 0 Å². The van der Waals surface area contributed by atoms with Gasteiger partial charge in [-0.05, 0) is 40.7 Å². The first-order valence-corrected chi connectivity index (χ1v) is 4.50. The Morgan fingerprint density at radius 2 is 2.00 bits per heavy atom. The largest absolute Gasteiger partial charge is 0.312 e. The van der Waals surface area contributed by atoms with Gasteiger partial charge in [0, 0.05) is 5.54 Å². The van der Waals surface area contributed by atoms with Crippen molar-refractivity contribution in [1.82, 2.24) is 5.32 Å². The van der Waals surface area contributed by atoms with E-state index in [0.29, 0.717) is 0 Å². The summed E-state index contributed by atoms with van der Waals surface area (Å²) in [6, 6.07) is 0. The molecule has 0 aliphatic carbocycles. The number of rotatable bonds is 4. The zero-order chi connectivity index (χ0) is 9.61. The molecule has 0 fully saturated rings. The van der Waals surface area contributed by atoms with E-state index in [4.69, 9.17) is 0 Å². The number of hydrogen-bond acceptors (Lipinski definition) is 1. The Kier molecular flexibility index (Phi) is 4.91. The zero-order valence-electron chi connectivity index (χ0n) is 8.78. The molecule has 0 aliphatic heterocycles. The van der Waals surface area contributed by atoms with E-state index in [1.165, 1.54) is 5.57 Å². The molecule has 0 saturated heterocycles. The fraction of sp³-hybridized carbons (Fsp3) is 0.636. The quantitative estimate of drug-likeness (QED) is 0.501. The van der Waals surface area contributed by atoms with Crippen LogP contribution in [0.5, 0.6) is 0 Å². The van der Waals surface area contributed by atoms with Crippen molar-refractivity contribution in [2.24, 2.45) is 0 Å². The summed E-state index contributed by atoms with van der Waals surface area (Å²) >= 11 is 0. The van der Waals surface area contributed by atoms with Crippen LogP contribution in [-0.4, -0.2) is 12.1 Å². The van der Waals surface area contributed by atoms with Gasteiger partial charge in [0.15, 0.2) is 0 Å². The molecule has 0 atom stereocenters. The summed E-state index contributed by atoms with van der Waals surface area (Å²) in [5, 5.41) is 3.42. The summed E-state index contributed by atoms with van der Waals surface area (Å²) in [5.41, 5.74) is 1.49. The minimum absolute atomic E-state index is 0.232. The first kappa shape index (κ1) is 11.4. The Morgan fingerprint density at radius 1 is 1.42 bits per heavy atom. The molecule has 0 rings (SSSR count). The third-order valence-corrected chi connectivity index (χ3v) is 1.59. The van der Waals surface area contributed by atoms with E-state index < -0.39 is 0 Å². The van der Waals surface area contributed by atoms with Crippen LogP contribution in [0.1, 0.15) is 34.1 Å². The first-order chi connectivity index (χ1) is 5.45. The highest BCUT2D eigenvalue weighted by atomic mass is 14.9. The van der Waals surface area contributed by atoms with E-state index in [-0.39, 0.29) is 5.54 Å². The standard InChI is InChI=1S/C11H21N/c1-6-10(2)8-7-9-12-11(3,4)5/h6,8,12H,1,7,9H2,2-5H3. The van der Waals surface area contributed by atoms with E-state index in [0.717, 1.165) is 13.0 Å². The molecule has 0 unspecified atom stereocenters. The van der Waals surface area contributed by atoms with E-state index in [1.807, 2.05) is 6.08 Å². The fourth-order valence-corrected chi connectivity index (χ4v) is 0.830. The van der Waals surface area contributed by atoms with E-state index in [9.17, 15) is 0 Å². The van der Waals surface area contributed by atoms with Gasteiger partial charge < -0.3 is 5.32 Å². The molecular formula is C11H21N. The summed E-state index contributed by atoms with van der Waals surface area (Å²) in [7, 11) is 0. The zero-order valence-corrected chi connectivity index (χ0v) is 8.78. The first-order valence-electron chi connectivity index (χ1n) is 4.50. The van der Waals surface area contributed by atoms with Gasteiger partial charge in [-0.15, -0.1) is 0 Å². The molecule has 0 heterocycles. The van der Waals surface area contributed by atoms with E-state index in [2.05, 4.69) is 45.7 Å². The SMILES string of the molecule is C=CC(C)=CCCNC(C)(C)C. The second kappa shape index (κ2) is 5.15. The van der Waals surface area contributed by atoms with Crippen LogP contribution in [0.15, 0.2) is 24.3 Å². The average molecular weight is 167 g/mol. The molecule has 0 spiro atoms. The van der Waals surface area contributed by atoms with Crippen LogP contribution >= 0.6 is 0 Å². The highest BCUT2D eigenvalue weighted by Gasteiger charge is 2.06. The molecule has 12 heavy (non-hydrogen) atoms. The van der Waals surface area contributed by atoms with Gasteiger partial charge in [-0.2, -0.15) is 0 Å². The summed E-state index contributed by atoms with van der Waals surface area (Å²) in [6.45, 7) is 13.3. The lowest BCUT2D eigenvalue weighted by molar-refractivity contribution is 0.431. The van der Waals surface area contributed by atoms with Crippen molar-refractivity contribution < 1.29 is 0 Å². The number of hydrogen-bond donors (Lipinski definition) is 1. The molecule has 0 aromatic heterocycles. The van der Waals surface area contributed by atoms with Crippen molar-refractivity contribution in [2.45, 2.75) is 39.7 Å². The second-order valence-corrected chi connectivity index (χ2v) is 4.12. The third-order valence-electron chi connectivity index (χ3n) is 1.59. The second-order valence-electron chi connectivity index (χ2n) is 4.12. The minimum atomic E-state index is 0.232. The highest BCUT2D eigenvalue weighted by Crippen LogP contribution is 1.99. The minimum Gasteiger partial charge on any atom is -0.312 e. The molecule has 0 amide bonds. The van der Waals surface area contributed by atoms with Crippen molar-refractivity contribution in [3.8, 4) is 0 Å². The normalized spacial score (nSPS) is 13.2. The fourth-order valence-electron chi connectivity index (χ4n) is 0.830. The molecule has 0 aromatic rings. The smallest absolute Gasteiger partial charge is 0.00966 e. The highest BCUT2D eigenvalue weighted by molar-refractivity contribution is 5.12. The van der Waals surface area contributed by atoms with Gasteiger partial charge in [-0.3, -0.25) is 0 Å². The van der Waals surface area contributed by atoms with Crippen LogP contribution < -0.4 is 5.32 Å². The summed E-state index contributed by atoms with van der Waals surface area (Å²) in [6.07, 6.45) is 5.16. The topological polar surface area (TPSA) is 12.0 Å². The van der Waals surface area contributed by atoms with Gasteiger partial charge in [0.05, 0.1) is 0 Å². The Hall–Kier alpha value is -0.560. The average Bonchev–Trinajstić information content (AvgIpc) is 1.96. The predicted molar refractivity (Wildman–Crippen MR) is 56.3 cm³/mol. The Balaban J connectivity index is 3.52. The molecule has 0 bridgehead atoms. The maximum Gasteiger partial charge on any atom is 0.00966 e. The van der Waals surface area contributed by atoms with Crippen LogP contribution in [0.3, 0.4) is 0 Å². The molecule has 0 aliphatic rings. The van der Waals surface area contributed by atoms with Gasteiger partial charge in [-0.25, -0.2) is 0 Å². The van der Waals surface area contributed by atoms with E-state index >= 15 is 0 Å². The summed E-state index contributed by atoms with van der Waals surface area (Å²) < 4.78 is 0. The van der Waals surface area contributed by atoms with Gasteiger partial charge in [0.1, 0.15) is 0 Å². The molecule has 1 heteroatoms. The van der Waals surface area contributed by atoms with Crippen LogP contribution in [0.25, 0.3) is 0 Å². The van der Waals surface area contributed by atoms with Crippen molar-refractivity contribution in [3.63, 3.8) is 0 Å². The predicted octanol–water partition coefficient (Wildman–Crippen LogP) is 2.90. The Morgan fingerprint density at radius 3 is 2.42 bits per heavy atom.